The molecular formula is C3H7CoO. The number of rotatable bonds is 0. The summed E-state index contributed by atoms with van der Waals surface area (Å²) in [5, 5.41) is 0. The number of hydrogen-bond donors (Lipinski definition) is 0. The molecule has 1 nitrogen and oxygen atoms in total. The molecule has 34 valence electrons. The molecule has 0 fully saturated rings. The van der Waals surface area contributed by atoms with Crippen LogP contribution in [-0.4, -0.2) is 6.79 Å². The van der Waals surface area contributed by atoms with Gasteiger partial charge in [-0.3, -0.25) is 6.79 Å². The third-order valence-corrected chi connectivity index (χ3v) is 0. The summed E-state index contributed by atoms with van der Waals surface area (Å²) in [5.74, 6) is 0. The van der Waals surface area contributed by atoms with Gasteiger partial charge >= 0.3 is 16.8 Å². The Morgan fingerprint density at radius 3 is 1.00 bits per heavy atom. The normalized spacial score (nSPS) is 0.800. The maximum atomic E-state index is 7.75. The Balaban J connectivity index is -0.00000000167. The first-order chi connectivity index (χ1) is 1.00. The van der Waals surface area contributed by atoms with Crippen LogP contribution in [0.3, 0.4) is 0 Å². The van der Waals surface area contributed by atoms with Gasteiger partial charge in [0.25, 0.3) is 0 Å². The predicted molar refractivity (Wildman–Crippen MR) is 19.6 cm³/mol. The van der Waals surface area contributed by atoms with Gasteiger partial charge in [0.2, 0.25) is 0 Å². The van der Waals surface area contributed by atoms with Crippen LogP contribution in [0.5, 0.6) is 0 Å². The fraction of sp³-hybridized carbons (Fsp3) is 0. The first-order valence-corrected chi connectivity index (χ1v) is 0.236. The van der Waals surface area contributed by atoms with Crippen LogP contribution in [0.25, 0.3) is 0 Å². The summed E-state index contributed by atoms with van der Waals surface area (Å²) < 4.78 is 0. The molecule has 0 saturated heterocycles. The second-order valence-electron chi connectivity index (χ2n) is 0. The summed E-state index contributed by atoms with van der Waals surface area (Å²) in [4.78, 5) is 7.75. The van der Waals surface area contributed by atoms with Gasteiger partial charge in [0, 0.05) is 0 Å². The van der Waals surface area contributed by atoms with E-state index in [1.165, 1.54) is 0 Å². The van der Waals surface area contributed by atoms with Gasteiger partial charge in [-0.05, 0) is 0 Å². The minimum absolute atomic E-state index is 0. The smallest absolute Gasteiger partial charge is 0.545 e. The molecule has 0 radical (unpaired) electrons. The molecule has 5 heavy (non-hydrogen) atoms. The van der Waals surface area contributed by atoms with E-state index in [2.05, 4.69) is 6.79 Å². The molecule has 0 bridgehead atoms. The van der Waals surface area contributed by atoms with E-state index in [4.69, 9.17) is 4.79 Å². The molecule has 0 N–H and O–H groups in total. The SMILES string of the molecule is [CH-]=O.[CH3-].[CH3-].[Co+3]. The zero-order valence-corrected chi connectivity index (χ0v) is 4.36. The maximum absolute atomic E-state index is 7.75. The van der Waals surface area contributed by atoms with Crippen molar-refractivity contribution >= 4 is 6.79 Å². The van der Waals surface area contributed by atoms with Crippen LogP contribution >= 0.6 is 0 Å². The van der Waals surface area contributed by atoms with E-state index in [1.807, 2.05) is 0 Å². The van der Waals surface area contributed by atoms with E-state index in [-0.39, 0.29) is 31.6 Å². The Hall–Kier alpha value is 0.176. The molecule has 0 saturated carbocycles. The van der Waals surface area contributed by atoms with Crippen LogP contribution in [0.4, 0.5) is 0 Å². The Kier molecular flexibility index (Phi) is 17700. The Morgan fingerprint density at radius 1 is 1.00 bits per heavy atom. The van der Waals surface area contributed by atoms with Gasteiger partial charge < -0.3 is 19.6 Å². The Labute approximate surface area is 44.0 Å². The van der Waals surface area contributed by atoms with E-state index in [0.717, 1.165) is 0 Å². The molecule has 0 unspecified atom stereocenters. The Morgan fingerprint density at radius 2 is 1.00 bits per heavy atom. The third-order valence-electron chi connectivity index (χ3n) is 0. The Bertz CT molecular complexity index is 6.85. The molecule has 0 spiro atoms. The van der Waals surface area contributed by atoms with Crippen molar-refractivity contribution in [2.45, 2.75) is 0 Å². The average Bonchev–Trinajstić information content (AvgIpc) is 1.00. The average molecular weight is 118 g/mol. The van der Waals surface area contributed by atoms with E-state index < -0.39 is 0 Å². The van der Waals surface area contributed by atoms with Gasteiger partial charge in [-0.15, -0.1) is 0 Å². The standard InChI is InChI=1S/CHO.2CH3.Co/c1-2;;;/h1H;2*1H3;/q3*-1;+3. The first-order valence-electron chi connectivity index (χ1n) is 0.236. The molecule has 0 aromatic rings. The quantitative estimate of drug-likeness (QED) is 0.336. The summed E-state index contributed by atoms with van der Waals surface area (Å²) in [6.45, 7) is 3.25. The molecule has 0 aliphatic carbocycles. The summed E-state index contributed by atoms with van der Waals surface area (Å²) >= 11 is 0. The van der Waals surface area contributed by atoms with Gasteiger partial charge in [-0.2, -0.15) is 0 Å². The van der Waals surface area contributed by atoms with Gasteiger partial charge in [-0.25, -0.2) is 0 Å². The molecule has 0 aromatic carbocycles. The van der Waals surface area contributed by atoms with Crippen molar-refractivity contribution in [2.24, 2.45) is 0 Å². The van der Waals surface area contributed by atoms with E-state index in [1.54, 1.807) is 0 Å². The van der Waals surface area contributed by atoms with Gasteiger partial charge in [0.05, 0.1) is 0 Å². The molecular weight excluding hydrogens is 111 g/mol. The van der Waals surface area contributed by atoms with Crippen LogP contribution in [0.15, 0.2) is 0 Å². The molecule has 0 heterocycles. The molecule has 0 rings (SSSR count). The van der Waals surface area contributed by atoms with Crippen molar-refractivity contribution in [3.8, 4) is 0 Å². The number of hydrogen-bond acceptors (Lipinski definition) is 1. The predicted octanol–water partition coefficient (Wildman–Crippen LogP) is 0.624. The minimum atomic E-state index is 0. The second-order valence-corrected chi connectivity index (χ2v) is 0. The second kappa shape index (κ2) is 1350. The fourth-order valence-electron chi connectivity index (χ4n) is 0. The van der Waals surface area contributed by atoms with Gasteiger partial charge in [-0.1, -0.05) is 0 Å². The van der Waals surface area contributed by atoms with E-state index >= 15 is 0 Å². The molecule has 0 aliphatic heterocycles. The molecule has 0 aromatic heterocycles. The summed E-state index contributed by atoms with van der Waals surface area (Å²) in [5.41, 5.74) is 0. The first kappa shape index (κ1) is 65.2. The van der Waals surface area contributed by atoms with Gasteiger partial charge in [0.15, 0.2) is 0 Å². The third kappa shape index (κ3) is 635. The van der Waals surface area contributed by atoms with Crippen molar-refractivity contribution in [1.82, 2.24) is 0 Å². The maximum Gasteiger partial charge on any atom is 3.00 e. The molecule has 0 aliphatic rings. The van der Waals surface area contributed by atoms with Crippen LogP contribution < -0.4 is 0 Å². The van der Waals surface area contributed by atoms with Crippen LogP contribution in [0.2, 0.25) is 0 Å². The van der Waals surface area contributed by atoms with Crippen LogP contribution in [0, 0.1) is 14.9 Å². The van der Waals surface area contributed by atoms with Crippen molar-refractivity contribution < 1.29 is 21.6 Å². The summed E-state index contributed by atoms with van der Waals surface area (Å²) in [6.07, 6.45) is 0. The largest absolute Gasteiger partial charge is 3.00 e. The van der Waals surface area contributed by atoms with Gasteiger partial charge in [0.1, 0.15) is 0 Å². The topological polar surface area (TPSA) is 17.1 Å². The summed E-state index contributed by atoms with van der Waals surface area (Å²) in [6, 6.07) is 0. The fourth-order valence-corrected chi connectivity index (χ4v) is 0. The van der Waals surface area contributed by atoms with E-state index in [9.17, 15) is 0 Å². The van der Waals surface area contributed by atoms with E-state index in [0.29, 0.717) is 0 Å². The monoisotopic (exact) mass is 118 g/mol. The molecule has 2 heteroatoms. The summed E-state index contributed by atoms with van der Waals surface area (Å²) in [7, 11) is 0. The number of carbonyl (C=O) groups excluding carboxylic acids is 1. The van der Waals surface area contributed by atoms with Crippen molar-refractivity contribution in [3.05, 3.63) is 14.9 Å². The van der Waals surface area contributed by atoms with Crippen molar-refractivity contribution in [1.29, 1.82) is 0 Å². The van der Waals surface area contributed by atoms with Crippen LogP contribution in [-0.2, 0) is 21.6 Å². The van der Waals surface area contributed by atoms with Crippen molar-refractivity contribution in [3.63, 3.8) is 0 Å². The molecule has 0 amide bonds. The minimum Gasteiger partial charge on any atom is -0.545 e. The van der Waals surface area contributed by atoms with Crippen LogP contribution in [0.1, 0.15) is 0 Å². The van der Waals surface area contributed by atoms with Crippen molar-refractivity contribution in [2.75, 3.05) is 0 Å². The zero-order chi connectivity index (χ0) is 2.00. The zero-order valence-electron chi connectivity index (χ0n) is 3.32. The molecule has 0 atom stereocenters.